The van der Waals surface area contributed by atoms with Crippen molar-refractivity contribution < 1.29 is 14.3 Å². The number of carbonyl (C=O) groups is 2. The van der Waals surface area contributed by atoms with Crippen molar-refractivity contribution in [2.24, 2.45) is 11.1 Å². The van der Waals surface area contributed by atoms with E-state index in [4.69, 9.17) is 10.5 Å². The zero-order valence-electron chi connectivity index (χ0n) is 14.4. The number of carbonyl (C=O) groups excluding carboxylic acids is 2. The summed E-state index contributed by atoms with van der Waals surface area (Å²) in [6, 6.07) is 16.6. The van der Waals surface area contributed by atoms with Crippen molar-refractivity contribution in [2.75, 3.05) is 6.54 Å². The second-order valence-electron chi connectivity index (χ2n) is 6.35. The van der Waals surface area contributed by atoms with Crippen LogP contribution in [-0.2, 0) is 11.3 Å². The van der Waals surface area contributed by atoms with Crippen LogP contribution in [0.4, 0.5) is 4.79 Å². The van der Waals surface area contributed by atoms with Crippen LogP contribution in [0.2, 0.25) is 0 Å². The Hall–Kier alpha value is -3.02. The molecule has 0 saturated carbocycles. The Morgan fingerprint density at radius 3 is 2.36 bits per heavy atom. The van der Waals surface area contributed by atoms with E-state index in [1.807, 2.05) is 54.6 Å². The van der Waals surface area contributed by atoms with E-state index < -0.39 is 11.3 Å². The molecule has 0 unspecified atom stereocenters. The molecule has 0 heterocycles. The van der Waals surface area contributed by atoms with Crippen LogP contribution in [0, 0.1) is 5.41 Å². The van der Waals surface area contributed by atoms with Crippen LogP contribution in [0.5, 0.6) is 11.5 Å². The van der Waals surface area contributed by atoms with E-state index in [9.17, 15) is 9.59 Å². The van der Waals surface area contributed by atoms with E-state index in [1.165, 1.54) is 0 Å². The first-order chi connectivity index (χ1) is 11.9. The van der Waals surface area contributed by atoms with E-state index in [0.717, 1.165) is 11.3 Å². The van der Waals surface area contributed by atoms with Gasteiger partial charge in [-0.15, -0.1) is 0 Å². The average molecular weight is 341 g/mol. The fourth-order valence-corrected chi connectivity index (χ4v) is 1.98. The zero-order valence-corrected chi connectivity index (χ0v) is 14.4. The van der Waals surface area contributed by atoms with Gasteiger partial charge in [-0.05, 0) is 43.7 Å². The van der Waals surface area contributed by atoms with Crippen molar-refractivity contribution in [1.29, 1.82) is 0 Å². The van der Waals surface area contributed by atoms with Gasteiger partial charge in [0.05, 0.1) is 5.41 Å². The van der Waals surface area contributed by atoms with Gasteiger partial charge in [-0.3, -0.25) is 4.79 Å². The van der Waals surface area contributed by atoms with Crippen molar-refractivity contribution in [3.8, 4) is 11.5 Å². The molecule has 25 heavy (non-hydrogen) atoms. The molecular formula is C19H23N3O3. The number of para-hydroxylation sites is 1. The number of urea groups is 1. The number of nitrogens with two attached hydrogens (primary N) is 1. The van der Waals surface area contributed by atoms with Crippen molar-refractivity contribution in [1.82, 2.24) is 10.6 Å². The van der Waals surface area contributed by atoms with Gasteiger partial charge in [0.1, 0.15) is 11.5 Å². The molecule has 0 atom stereocenters. The lowest BCUT2D eigenvalue weighted by molar-refractivity contribution is -0.125. The van der Waals surface area contributed by atoms with Crippen LogP contribution in [0.25, 0.3) is 0 Å². The van der Waals surface area contributed by atoms with E-state index >= 15 is 0 Å². The summed E-state index contributed by atoms with van der Waals surface area (Å²) in [5, 5.41) is 5.39. The lowest BCUT2D eigenvalue weighted by Crippen LogP contribution is -2.45. The third-order valence-corrected chi connectivity index (χ3v) is 3.69. The largest absolute Gasteiger partial charge is 0.457 e. The van der Waals surface area contributed by atoms with Crippen LogP contribution in [0.15, 0.2) is 54.6 Å². The summed E-state index contributed by atoms with van der Waals surface area (Å²) in [6.07, 6.45) is 0. The molecule has 6 nitrogen and oxygen atoms in total. The van der Waals surface area contributed by atoms with Gasteiger partial charge >= 0.3 is 6.03 Å². The number of nitrogens with one attached hydrogen (secondary N) is 2. The minimum absolute atomic E-state index is 0.172. The zero-order chi connectivity index (χ0) is 18.3. The lowest BCUT2D eigenvalue weighted by atomic mass is 9.93. The number of hydrogen-bond acceptors (Lipinski definition) is 3. The highest BCUT2D eigenvalue weighted by molar-refractivity contribution is 5.81. The van der Waals surface area contributed by atoms with Crippen LogP contribution < -0.4 is 21.1 Å². The molecule has 0 spiro atoms. The average Bonchev–Trinajstić information content (AvgIpc) is 2.59. The predicted molar refractivity (Wildman–Crippen MR) is 96.2 cm³/mol. The second kappa shape index (κ2) is 8.19. The number of amides is 3. The Labute approximate surface area is 147 Å². The summed E-state index contributed by atoms with van der Waals surface area (Å²) in [4.78, 5) is 23.1. The normalized spacial score (nSPS) is 10.8. The fraction of sp³-hybridized carbons (Fsp3) is 0.263. The summed E-state index contributed by atoms with van der Waals surface area (Å²) in [5.41, 5.74) is 5.39. The molecule has 0 aliphatic heterocycles. The first-order valence-corrected chi connectivity index (χ1v) is 8.00. The molecule has 0 saturated heterocycles. The van der Waals surface area contributed by atoms with Gasteiger partial charge < -0.3 is 21.1 Å². The Balaban J connectivity index is 1.85. The number of hydrogen-bond donors (Lipinski definition) is 3. The van der Waals surface area contributed by atoms with E-state index in [1.54, 1.807) is 13.8 Å². The Morgan fingerprint density at radius 1 is 1.00 bits per heavy atom. The Morgan fingerprint density at radius 2 is 1.68 bits per heavy atom. The summed E-state index contributed by atoms with van der Waals surface area (Å²) in [6.45, 7) is 3.88. The molecule has 0 bridgehead atoms. The predicted octanol–water partition coefficient (Wildman–Crippen LogP) is 2.79. The number of rotatable bonds is 7. The molecule has 4 N–H and O–H groups in total. The van der Waals surface area contributed by atoms with Crippen LogP contribution >= 0.6 is 0 Å². The van der Waals surface area contributed by atoms with Gasteiger partial charge in [0, 0.05) is 13.1 Å². The number of primary amides is 1. The van der Waals surface area contributed by atoms with Crippen LogP contribution in [-0.4, -0.2) is 18.5 Å². The molecule has 0 aliphatic rings. The molecule has 6 heteroatoms. The first kappa shape index (κ1) is 18.3. The third-order valence-electron chi connectivity index (χ3n) is 3.69. The lowest BCUT2D eigenvalue weighted by Gasteiger charge is -2.20. The topological polar surface area (TPSA) is 93.4 Å². The quantitative estimate of drug-likeness (QED) is 0.723. The van der Waals surface area contributed by atoms with Gasteiger partial charge in [-0.25, -0.2) is 4.79 Å². The van der Waals surface area contributed by atoms with Gasteiger partial charge in [-0.1, -0.05) is 30.3 Å². The van der Waals surface area contributed by atoms with Gasteiger partial charge in [0.15, 0.2) is 0 Å². The summed E-state index contributed by atoms with van der Waals surface area (Å²) < 4.78 is 5.76. The summed E-state index contributed by atoms with van der Waals surface area (Å²) in [5.74, 6) is 0.985. The second-order valence-corrected chi connectivity index (χ2v) is 6.35. The van der Waals surface area contributed by atoms with E-state index in [2.05, 4.69) is 10.6 Å². The van der Waals surface area contributed by atoms with Crippen LogP contribution in [0.1, 0.15) is 19.4 Å². The maximum atomic E-state index is 11.9. The molecule has 0 radical (unpaired) electrons. The van der Waals surface area contributed by atoms with Gasteiger partial charge in [-0.2, -0.15) is 0 Å². The minimum Gasteiger partial charge on any atom is -0.457 e. The molecule has 132 valence electrons. The first-order valence-electron chi connectivity index (χ1n) is 8.00. The molecular weight excluding hydrogens is 318 g/mol. The highest BCUT2D eigenvalue weighted by Crippen LogP contribution is 2.21. The maximum absolute atomic E-state index is 11.9. The summed E-state index contributed by atoms with van der Waals surface area (Å²) >= 11 is 0. The van der Waals surface area contributed by atoms with Gasteiger partial charge in [0.25, 0.3) is 0 Å². The van der Waals surface area contributed by atoms with Gasteiger partial charge in [0.2, 0.25) is 5.91 Å². The fourth-order valence-electron chi connectivity index (χ4n) is 1.98. The molecule has 0 aliphatic carbocycles. The van der Waals surface area contributed by atoms with Crippen molar-refractivity contribution in [3.63, 3.8) is 0 Å². The monoisotopic (exact) mass is 341 g/mol. The Kier molecular flexibility index (Phi) is 6.00. The van der Waals surface area contributed by atoms with Crippen molar-refractivity contribution >= 4 is 11.9 Å². The highest BCUT2D eigenvalue weighted by atomic mass is 16.5. The minimum atomic E-state index is -0.791. The molecule has 2 rings (SSSR count). The Bertz CT molecular complexity index is 730. The highest BCUT2D eigenvalue weighted by Gasteiger charge is 2.25. The molecule has 2 aromatic carbocycles. The van der Waals surface area contributed by atoms with E-state index in [-0.39, 0.29) is 12.6 Å². The molecule has 2 aromatic rings. The summed E-state index contributed by atoms with van der Waals surface area (Å²) in [7, 11) is 0. The smallest absolute Gasteiger partial charge is 0.315 e. The standard InChI is InChI=1S/C19H23N3O3/c1-19(2,17(20)23)13-22-18(24)21-12-14-7-6-10-16(11-14)25-15-8-4-3-5-9-15/h3-11H,12-13H2,1-2H3,(H2,20,23)(H2,21,22,24). The third kappa shape index (κ3) is 5.84. The SMILES string of the molecule is CC(C)(CNC(=O)NCc1cccc(Oc2ccccc2)c1)C(N)=O. The van der Waals surface area contributed by atoms with Crippen LogP contribution in [0.3, 0.4) is 0 Å². The molecule has 0 fully saturated rings. The number of ether oxygens (including phenoxy) is 1. The van der Waals surface area contributed by atoms with E-state index in [0.29, 0.717) is 12.3 Å². The maximum Gasteiger partial charge on any atom is 0.315 e. The number of benzene rings is 2. The van der Waals surface area contributed by atoms with Crippen molar-refractivity contribution in [3.05, 3.63) is 60.2 Å². The molecule has 3 amide bonds. The molecule has 0 aromatic heterocycles. The van der Waals surface area contributed by atoms with Crippen molar-refractivity contribution in [2.45, 2.75) is 20.4 Å².